The number of nitrogen functional groups attached to an aromatic ring is 1. The second-order valence-corrected chi connectivity index (χ2v) is 5.37. The van der Waals surface area contributed by atoms with Gasteiger partial charge in [-0.1, -0.05) is 35.9 Å². The third-order valence-electron chi connectivity index (χ3n) is 3.27. The first-order valence-electron chi connectivity index (χ1n) is 6.33. The van der Waals surface area contributed by atoms with Gasteiger partial charge in [-0.15, -0.1) is 0 Å². The zero-order valence-electron chi connectivity index (χ0n) is 11.4. The summed E-state index contributed by atoms with van der Waals surface area (Å²) in [6, 6.07) is 14.0. The molecule has 0 spiro atoms. The summed E-state index contributed by atoms with van der Waals surface area (Å²) in [5.41, 5.74) is 10.4. The zero-order valence-corrected chi connectivity index (χ0v) is 12.1. The SMILES string of the molecule is Cc1c(N)cccc1CN(C)Cc1cccc(Cl)c1. The van der Waals surface area contributed by atoms with Crippen LogP contribution < -0.4 is 5.73 Å². The Balaban J connectivity index is 2.05. The maximum atomic E-state index is 6.00. The van der Waals surface area contributed by atoms with Gasteiger partial charge in [0.15, 0.2) is 0 Å². The molecule has 0 fully saturated rings. The van der Waals surface area contributed by atoms with E-state index in [-0.39, 0.29) is 0 Å². The number of nitrogens with two attached hydrogens (primary N) is 1. The molecule has 0 bridgehead atoms. The Bertz CT molecular complexity index is 566. The molecular formula is C16H19ClN2. The Hall–Kier alpha value is -1.51. The smallest absolute Gasteiger partial charge is 0.0409 e. The van der Waals surface area contributed by atoms with Gasteiger partial charge >= 0.3 is 0 Å². The van der Waals surface area contributed by atoms with Gasteiger partial charge in [0, 0.05) is 23.8 Å². The Morgan fingerprint density at radius 2 is 1.84 bits per heavy atom. The van der Waals surface area contributed by atoms with E-state index < -0.39 is 0 Å². The number of anilines is 1. The van der Waals surface area contributed by atoms with Gasteiger partial charge in [0.2, 0.25) is 0 Å². The number of nitrogens with zero attached hydrogens (tertiary/aromatic N) is 1. The van der Waals surface area contributed by atoms with Crippen molar-refractivity contribution < 1.29 is 0 Å². The molecule has 2 aromatic rings. The highest BCUT2D eigenvalue weighted by atomic mass is 35.5. The summed E-state index contributed by atoms with van der Waals surface area (Å²) in [5, 5.41) is 0.783. The molecule has 0 amide bonds. The van der Waals surface area contributed by atoms with Gasteiger partial charge < -0.3 is 5.73 Å². The van der Waals surface area contributed by atoms with Crippen molar-refractivity contribution in [2.24, 2.45) is 0 Å². The van der Waals surface area contributed by atoms with Crippen LogP contribution in [0.15, 0.2) is 42.5 Å². The van der Waals surface area contributed by atoms with Crippen LogP contribution in [-0.2, 0) is 13.1 Å². The number of hydrogen-bond acceptors (Lipinski definition) is 2. The second-order valence-electron chi connectivity index (χ2n) is 4.93. The van der Waals surface area contributed by atoms with E-state index in [1.807, 2.05) is 30.3 Å². The quantitative estimate of drug-likeness (QED) is 0.858. The molecule has 0 heterocycles. The predicted octanol–water partition coefficient (Wildman–Crippen LogP) is 3.86. The first-order chi connectivity index (χ1) is 9.06. The van der Waals surface area contributed by atoms with Crippen LogP contribution in [0.4, 0.5) is 5.69 Å². The van der Waals surface area contributed by atoms with E-state index in [4.69, 9.17) is 17.3 Å². The topological polar surface area (TPSA) is 29.3 Å². The number of benzene rings is 2. The first-order valence-corrected chi connectivity index (χ1v) is 6.71. The lowest BCUT2D eigenvalue weighted by molar-refractivity contribution is 0.318. The number of hydrogen-bond donors (Lipinski definition) is 1. The summed E-state index contributed by atoms with van der Waals surface area (Å²) in [7, 11) is 2.10. The van der Waals surface area contributed by atoms with Crippen LogP contribution in [0.5, 0.6) is 0 Å². The molecule has 0 aliphatic carbocycles. The lowest BCUT2D eigenvalue weighted by Crippen LogP contribution is -2.18. The van der Waals surface area contributed by atoms with E-state index in [2.05, 4.69) is 31.0 Å². The van der Waals surface area contributed by atoms with Crippen molar-refractivity contribution in [2.75, 3.05) is 12.8 Å². The van der Waals surface area contributed by atoms with Crippen LogP contribution in [0.1, 0.15) is 16.7 Å². The molecule has 100 valence electrons. The molecule has 3 heteroatoms. The van der Waals surface area contributed by atoms with Crippen molar-refractivity contribution in [1.82, 2.24) is 4.90 Å². The van der Waals surface area contributed by atoms with E-state index >= 15 is 0 Å². The predicted molar refractivity (Wildman–Crippen MR) is 82.2 cm³/mol. The number of rotatable bonds is 4. The Morgan fingerprint density at radius 1 is 1.11 bits per heavy atom. The van der Waals surface area contributed by atoms with E-state index in [0.717, 1.165) is 23.8 Å². The van der Waals surface area contributed by atoms with Crippen molar-refractivity contribution in [3.8, 4) is 0 Å². The van der Waals surface area contributed by atoms with Crippen LogP contribution in [0, 0.1) is 6.92 Å². The molecule has 0 radical (unpaired) electrons. The molecule has 0 aliphatic rings. The molecule has 0 saturated heterocycles. The summed E-state index contributed by atoms with van der Waals surface area (Å²) in [5.74, 6) is 0. The molecule has 0 aliphatic heterocycles. The molecule has 0 aromatic heterocycles. The van der Waals surface area contributed by atoms with Gasteiger partial charge in [0.1, 0.15) is 0 Å². The summed E-state index contributed by atoms with van der Waals surface area (Å²) >= 11 is 6.00. The fourth-order valence-corrected chi connectivity index (χ4v) is 2.38. The van der Waals surface area contributed by atoms with E-state index in [0.29, 0.717) is 0 Å². The van der Waals surface area contributed by atoms with Crippen molar-refractivity contribution in [3.05, 3.63) is 64.2 Å². The van der Waals surface area contributed by atoms with Gasteiger partial charge in [-0.25, -0.2) is 0 Å². The van der Waals surface area contributed by atoms with Crippen LogP contribution in [0.25, 0.3) is 0 Å². The van der Waals surface area contributed by atoms with Crippen LogP contribution in [0.3, 0.4) is 0 Å². The van der Waals surface area contributed by atoms with Gasteiger partial charge in [-0.05, 0) is 48.9 Å². The summed E-state index contributed by atoms with van der Waals surface area (Å²) in [4.78, 5) is 2.26. The lowest BCUT2D eigenvalue weighted by Gasteiger charge is -2.19. The van der Waals surface area contributed by atoms with E-state index in [9.17, 15) is 0 Å². The molecule has 2 N–H and O–H groups in total. The molecule has 2 aromatic carbocycles. The van der Waals surface area contributed by atoms with Crippen molar-refractivity contribution in [3.63, 3.8) is 0 Å². The van der Waals surface area contributed by atoms with Crippen molar-refractivity contribution >= 4 is 17.3 Å². The lowest BCUT2D eigenvalue weighted by atomic mass is 10.1. The Morgan fingerprint density at radius 3 is 2.58 bits per heavy atom. The molecule has 19 heavy (non-hydrogen) atoms. The average molecular weight is 275 g/mol. The largest absolute Gasteiger partial charge is 0.399 e. The van der Waals surface area contributed by atoms with Gasteiger partial charge in [0.05, 0.1) is 0 Å². The zero-order chi connectivity index (χ0) is 13.8. The second kappa shape index (κ2) is 6.09. The first kappa shape index (κ1) is 13.9. The standard InChI is InChI=1S/C16H19ClN2/c1-12-14(6-4-8-16(12)18)11-19(2)10-13-5-3-7-15(17)9-13/h3-9H,10-11,18H2,1-2H3. The highest BCUT2D eigenvalue weighted by Gasteiger charge is 2.06. The molecular weight excluding hydrogens is 256 g/mol. The molecule has 2 rings (SSSR count). The minimum absolute atomic E-state index is 0.783. The van der Waals surface area contributed by atoms with E-state index in [1.54, 1.807) is 0 Å². The third kappa shape index (κ3) is 3.72. The van der Waals surface area contributed by atoms with E-state index in [1.165, 1.54) is 16.7 Å². The summed E-state index contributed by atoms with van der Waals surface area (Å²) < 4.78 is 0. The third-order valence-corrected chi connectivity index (χ3v) is 3.50. The monoisotopic (exact) mass is 274 g/mol. The van der Waals surface area contributed by atoms with Gasteiger partial charge in [-0.3, -0.25) is 4.90 Å². The Kier molecular flexibility index (Phi) is 4.46. The van der Waals surface area contributed by atoms with Crippen molar-refractivity contribution in [2.45, 2.75) is 20.0 Å². The molecule has 0 unspecified atom stereocenters. The van der Waals surface area contributed by atoms with Crippen molar-refractivity contribution in [1.29, 1.82) is 0 Å². The summed E-state index contributed by atoms with van der Waals surface area (Å²) in [6.07, 6.45) is 0. The maximum absolute atomic E-state index is 6.00. The molecule has 0 atom stereocenters. The van der Waals surface area contributed by atoms with Crippen LogP contribution in [-0.4, -0.2) is 11.9 Å². The number of halogens is 1. The minimum Gasteiger partial charge on any atom is -0.399 e. The minimum atomic E-state index is 0.783. The van der Waals surface area contributed by atoms with Crippen LogP contribution >= 0.6 is 11.6 Å². The fraction of sp³-hybridized carbons (Fsp3) is 0.250. The average Bonchev–Trinajstić information content (AvgIpc) is 2.35. The maximum Gasteiger partial charge on any atom is 0.0409 e. The molecule has 2 nitrogen and oxygen atoms in total. The highest BCUT2D eigenvalue weighted by molar-refractivity contribution is 6.30. The van der Waals surface area contributed by atoms with Gasteiger partial charge in [-0.2, -0.15) is 0 Å². The normalized spacial score (nSPS) is 10.9. The van der Waals surface area contributed by atoms with Gasteiger partial charge in [0.25, 0.3) is 0 Å². The molecule has 0 saturated carbocycles. The Labute approximate surface area is 119 Å². The summed E-state index contributed by atoms with van der Waals surface area (Å²) in [6.45, 7) is 3.82. The van der Waals surface area contributed by atoms with Crippen LogP contribution in [0.2, 0.25) is 5.02 Å². The fourth-order valence-electron chi connectivity index (χ4n) is 2.17. The highest BCUT2D eigenvalue weighted by Crippen LogP contribution is 2.18.